The van der Waals surface area contributed by atoms with Crippen LogP contribution in [-0.4, -0.2) is 28.6 Å². The summed E-state index contributed by atoms with van der Waals surface area (Å²) in [6, 6.07) is 4.51. The van der Waals surface area contributed by atoms with Gasteiger partial charge in [-0.15, -0.1) is 0 Å². The van der Waals surface area contributed by atoms with Gasteiger partial charge in [0.05, 0.1) is 4.47 Å². The minimum absolute atomic E-state index is 0.0198. The van der Waals surface area contributed by atoms with E-state index in [1.54, 1.807) is 12.1 Å². The van der Waals surface area contributed by atoms with Gasteiger partial charge in [-0.2, -0.15) is 0 Å². The highest BCUT2D eigenvalue weighted by molar-refractivity contribution is 9.10. The quantitative estimate of drug-likeness (QED) is 0.895. The highest BCUT2D eigenvalue weighted by atomic mass is 79.9. The molecule has 2 aliphatic rings. The molecular weight excluding hydrogens is 337 g/mol. The Morgan fingerprint density at radius 2 is 2.24 bits per heavy atom. The van der Waals surface area contributed by atoms with Crippen molar-refractivity contribution < 1.29 is 14.3 Å². The second kappa shape index (κ2) is 5.69. The van der Waals surface area contributed by atoms with Crippen molar-refractivity contribution >= 4 is 21.9 Å². The van der Waals surface area contributed by atoms with Gasteiger partial charge in [-0.1, -0.05) is 12.5 Å². The average molecular weight is 356 g/mol. The first kappa shape index (κ1) is 15.0. The van der Waals surface area contributed by atoms with Gasteiger partial charge >= 0.3 is 5.97 Å². The van der Waals surface area contributed by atoms with Crippen LogP contribution in [0.15, 0.2) is 22.7 Å². The maximum absolute atomic E-state index is 13.4. The van der Waals surface area contributed by atoms with Crippen molar-refractivity contribution in [3.8, 4) is 0 Å². The van der Waals surface area contributed by atoms with Crippen LogP contribution in [0.4, 0.5) is 4.39 Å². The summed E-state index contributed by atoms with van der Waals surface area (Å²) in [5, 5.41) is 9.61. The fourth-order valence-electron chi connectivity index (χ4n) is 4.03. The lowest BCUT2D eigenvalue weighted by molar-refractivity contribution is -0.144. The molecular formula is C16H19BrFNO2. The molecule has 4 atom stereocenters. The lowest BCUT2D eigenvalue weighted by Crippen LogP contribution is -2.41. The van der Waals surface area contributed by atoms with Gasteiger partial charge in [0.2, 0.25) is 0 Å². The smallest absolute Gasteiger partial charge is 0.321 e. The molecule has 5 heteroatoms. The first-order valence-corrected chi connectivity index (χ1v) is 8.22. The molecule has 114 valence electrons. The number of carbonyl (C=O) groups is 1. The fraction of sp³-hybridized carbons (Fsp3) is 0.562. The van der Waals surface area contributed by atoms with E-state index in [-0.39, 0.29) is 17.8 Å². The van der Waals surface area contributed by atoms with E-state index < -0.39 is 12.0 Å². The molecule has 1 heterocycles. The summed E-state index contributed by atoms with van der Waals surface area (Å²) >= 11 is 3.21. The molecule has 0 spiro atoms. The number of carboxylic acids is 1. The molecule has 1 aliphatic carbocycles. The zero-order valence-corrected chi connectivity index (χ0v) is 13.5. The summed E-state index contributed by atoms with van der Waals surface area (Å²) < 4.78 is 13.8. The molecule has 4 unspecified atom stereocenters. The molecule has 21 heavy (non-hydrogen) atoms. The van der Waals surface area contributed by atoms with Crippen LogP contribution in [0, 0.1) is 17.7 Å². The normalized spacial score (nSPS) is 30.3. The minimum Gasteiger partial charge on any atom is -0.480 e. The summed E-state index contributed by atoms with van der Waals surface area (Å²) in [7, 11) is 0. The Balaban J connectivity index is 1.87. The summed E-state index contributed by atoms with van der Waals surface area (Å²) in [6.45, 7) is 2.84. The number of halogens is 2. The first-order chi connectivity index (χ1) is 9.99. The first-order valence-electron chi connectivity index (χ1n) is 7.42. The maximum atomic E-state index is 13.4. The van der Waals surface area contributed by atoms with Crippen LogP contribution in [0.1, 0.15) is 37.8 Å². The van der Waals surface area contributed by atoms with Gasteiger partial charge in [-0.3, -0.25) is 9.69 Å². The third-order valence-corrected chi connectivity index (χ3v) is 5.71. The Hall–Kier alpha value is -0.940. The van der Waals surface area contributed by atoms with Crippen LogP contribution >= 0.6 is 15.9 Å². The van der Waals surface area contributed by atoms with Crippen molar-refractivity contribution in [3.05, 3.63) is 34.1 Å². The Bertz CT molecular complexity index is 565. The maximum Gasteiger partial charge on any atom is 0.321 e. The number of likely N-dealkylation sites (tertiary alicyclic amines) is 1. The van der Waals surface area contributed by atoms with E-state index in [0.29, 0.717) is 10.4 Å². The average Bonchev–Trinajstić information content (AvgIpc) is 3.00. The minimum atomic E-state index is -0.725. The van der Waals surface area contributed by atoms with Gasteiger partial charge < -0.3 is 5.11 Å². The van der Waals surface area contributed by atoms with E-state index in [0.717, 1.165) is 31.4 Å². The molecule has 1 saturated carbocycles. The van der Waals surface area contributed by atoms with E-state index in [9.17, 15) is 14.3 Å². The summed E-state index contributed by atoms with van der Waals surface area (Å²) in [5.74, 6) is -0.247. The number of carboxylic acid groups (broad SMARTS) is 1. The second-order valence-corrected chi connectivity index (χ2v) is 7.04. The highest BCUT2D eigenvalue weighted by Crippen LogP contribution is 2.45. The highest BCUT2D eigenvalue weighted by Gasteiger charge is 2.49. The number of hydrogen-bond acceptors (Lipinski definition) is 2. The van der Waals surface area contributed by atoms with Gasteiger partial charge in [-0.05, 0) is 65.2 Å². The molecule has 1 aromatic carbocycles. The molecule has 1 aliphatic heterocycles. The fourth-order valence-corrected chi connectivity index (χ4v) is 4.42. The van der Waals surface area contributed by atoms with E-state index in [1.807, 2.05) is 6.92 Å². The zero-order valence-electron chi connectivity index (χ0n) is 11.9. The lowest BCUT2D eigenvalue weighted by atomic mass is 9.94. The van der Waals surface area contributed by atoms with Gasteiger partial charge in [0, 0.05) is 12.6 Å². The van der Waals surface area contributed by atoms with Gasteiger partial charge in [0.25, 0.3) is 0 Å². The van der Waals surface area contributed by atoms with Crippen molar-refractivity contribution in [2.45, 2.75) is 38.3 Å². The molecule has 1 saturated heterocycles. The summed E-state index contributed by atoms with van der Waals surface area (Å²) in [5.41, 5.74) is 0.953. The topological polar surface area (TPSA) is 40.5 Å². The summed E-state index contributed by atoms with van der Waals surface area (Å²) in [4.78, 5) is 13.8. The number of rotatable bonds is 3. The molecule has 1 N–H and O–H groups in total. The lowest BCUT2D eigenvalue weighted by Gasteiger charge is -2.30. The zero-order chi connectivity index (χ0) is 15.1. The predicted molar refractivity (Wildman–Crippen MR) is 81.5 cm³/mol. The molecule has 0 bridgehead atoms. The number of nitrogens with zero attached hydrogens (tertiary/aromatic N) is 1. The molecule has 2 fully saturated rings. The van der Waals surface area contributed by atoms with Crippen LogP contribution in [0.25, 0.3) is 0 Å². The molecule has 0 amide bonds. The number of hydrogen-bond donors (Lipinski definition) is 1. The summed E-state index contributed by atoms with van der Waals surface area (Å²) in [6.07, 6.45) is 3.28. The van der Waals surface area contributed by atoms with Crippen LogP contribution in [0.5, 0.6) is 0 Å². The van der Waals surface area contributed by atoms with Crippen LogP contribution in [0.2, 0.25) is 0 Å². The van der Waals surface area contributed by atoms with Crippen LogP contribution in [0.3, 0.4) is 0 Å². The molecule has 0 aromatic heterocycles. The number of aliphatic carboxylic acids is 1. The number of fused-ring (bicyclic) bond motifs is 1. The van der Waals surface area contributed by atoms with E-state index in [4.69, 9.17) is 0 Å². The third-order valence-electron chi connectivity index (χ3n) is 5.10. The van der Waals surface area contributed by atoms with Crippen LogP contribution < -0.4 is 0 Å². The van der Waals surface area contributed by atoms with E-state index in [1.165, 1.54) is 6.07 Å². The number of benzene rings is 1. The van der Waals surface area contributed by atoms with Crippen molar-refractivity contribution in [1.82, 2.24) is 4.90 Å². The monoisotopic (exact) mass is 355 g/mol. The van der Waals surface area contributed by atoms with Crippen molar-refractivity contribution in [2.24, 2.45) is 11.8 Å². The van der Waals surface area contributed by atoms with Crippen molar-refractivity contribution in [2.75, 3.05) is 6.54 Å². The van der Waals surface area contributed by atoms with Crippen molar-refractivity contribution in [3.63, 3.8) is 0 Å². The Labute approximate surface area is 132 Å². The van der Waals surface area contributed by atoms with E-state index >= 15 is 0 Å². The molecule has 3 rings (SSSR count). The third kappa shape index (κ3) is 2.61. The predicted octanol–water partition coefficient (Wildman–Crippen LogP) is 3.83. The Morgan fingerprint density at radius 1 is 1.48 bits per heavy atom. The van der Waals surface area contributed by atoms with Gasteiger partial charge in [0.1, 0.15) is 11.9 Å². The van der Waals surface area contributed by atoms with Gasteiger partial charge in [-0.25, -0.2) is 4.39 Å². The Morgan fingerprint density at radius 3 is 2.90 bits per heavy atom. The van der Waals surface area contributed by atoms with Crippen molar-refractivity contribution in [1.29, 1.82) is 0 Å². The molecule has 0 radical (unpaired) electrons. The molecule has 1 aromatic rings. The van der Waals surface area contributed by atoms with Gasteiger partial charge in [0.15, 0.2) is 0 Å². The largest absolute Gasteiger partial charge is 0.480 e. The second-order valence-electron chi connectivity index (χ2n) is 6.18. The standard InChI is InChI=1S/C16H19BrFNO2/c1-9(10-5-6-14(18)13(17)7-10)19-8-11-3-2-4-12(11)15(19)16(20)21/h5-7,9,11-12,15H,2-4,8H2,1H3,(H,20,21). The van der Waals surface area contributed by atoms with E-state index in [2.05, 4.69) is 20.8 Å². The van der Waals surface area contributed by atoms with Crippen LogP contribution in [-0.2, 0) is 4.79 Å². The SMILES string of the molecule is CC(c1ccc(F)c(Br)c1)N1CC2CCCC2C1C(=O)O. The Kier molecular flexibility index (Phi) is 4.06. The molecule has 3 nitrogen and oxygen atoms in total.